The van der Waals surface area contributed by atoms with Gasteiger partial charge in [0.2, 0.25) is 0 Å². The highest BCUT2D eigenvalue weighted by Crippen LogP contribution is 2.23. The number of hydrogen-bond donors (Lipinski definition) is 2. The van der Waals surface area contributed by atoms with Crippen molar-refractivity contribution in [3.63, 3.8) is 0 Å². The predicted molar refractivity (Wildman–Crippen MR) is 103 cm³/mol. The molecule has 0 spiro atoms. The highest BCUT2D eigenvalue weighted by Gasteiger charge is 2.21. The van der Waals surface area contributed by atoms with Crippen LogP contribution in [0.15, 0.2) is 42.5 Å². The second-order valence-electron chi connectivity index (χ2n) is 6.32. The van der Waals surface area contributed by atoms with Crippen molar-refractivity contribution in [1.29, 1.82) is 0 Å². The predicted octanol–water partition coefficient (Wildman–Crippen LogP) is 4.01. The Balaban J connectivity index is 1.82. The number of benzene rings is 2. The molecule has 1 heterocycles. The van der Waals surface area contributed by atoms with E-state index in [1.54, 1.807) is 18.2 Å². The Morgan fingerprint density at radius 2 is 1.85 bits per heavy atom. The van der Waals surface area contributed by atoms with Gasteiger partial charge in [-0.25, -0.2) is 4.39 Å². The zero-order valence-corrected chi connectivity index (χ0v) is 15.4. The van der Waals surface area contributed by atoms with Gasteiger partial charge in [0.05, 0.1) is 16.8 Å². The van der Waals surface area contributed by atoms with Crippen molar-refractivity contribution >= 4 is 29.3 Å². The van der Waals surface area contributed by atoms with Crippen molar-refractivity contribution in [2.45, 2.75) is 25.8 Å². The average Bonchev–Trinajstić information content (AvgIpc) is 2.64. The fourth-order valence-corrected chi connectivity index (χ4v) is 4.04. The quantitative estimate of drug-likeness (QED) is 0.852. The zero-order chi connectivity index (χ0) is 18.5. The van der Waals surface area contributed by atoms with Crippen LogP contribution in [-0.2, 0) is 0 Å². The van der Waals surface area contributed by atoms with Gasteiger partial charge in [0, 0.05) is 11.8 Å². The minimum absolute atomic E-state index is 0.0502. The van der Waals surface area contributed by atoms with Crippen molar-refractivity contribution in [3.05, 3.63) is 65.0 Å². The van der Waals surface area contributed by atoms with Crippen LogP contribution in [0.5, 0.6) is 0 Å². The lowest BCUT2D eigenvalue weighted by atomic mass is 10.1. The van der Waals surface area contributed by atoms with E-state index in [9.17, 15) is 14.0 Å². The molecule has 0 radical (unpaired) electrons. The van der Waals surface area contributed by atoms with E-state index < -0.39 is 11.7 Å². The SMILES string of the molecule is Cc1cccc(C(=O)N[C@@H]2CCCSC2)c1NC(=O)c1ccccc1F. The lowest BCUT2D eigenvalue weighted by molar-refractivity contribution is 0.0939. The minimum atomic E-state index is -0.594. The molecule has 0 aromatic heterocycles. The van der Waals surface area contributed by atoms with Crippen LogP contribution in [-0.4, -0.2) is 29.4 Å². The summed E-state index contributed by atoms with van der Waals surface area (Å²) in [4.78, 5) is 25.2. The molecule has 26 heavy (non-hydrogen) atoms. The van der Waals surface area contributed by atoms with Crippen molar-refractivity contribution in [2.75, 3.05) is 16.8 Å². The topological polar surface area (TPSA) is 58.2 Å². The monoisotopic (exact) mass is 372 g/mol. The Labute approximate surface area is 156 Å². The van der Waals surface area contributed by atoms with Crippen molar-refractivity contribution in [3.8, 4) is 0 Å². The molecule has 0 aliphatic carbocycles. The number of anilines is 1. The molecule has 1 aliphatic rings. The van der Waals surface area contributed by atoms with E-state index in [0.717, 1.165) is 29.9 Å². The van der Waals surface area contributed by atoms with E-state index in [1.165, 1.54) is 18.2 Å². The number of aryl methyl sites for hydroxylation is 1. The summed E-state index contributed by atoms with van der Waals surface area (Å²) >= 11 is 1.83. The van der Waals surface area contributed by atoms with Gasteiger partial charge < -0.3 is 10.6 Å². The first kappa shape index (κ1) is 18.5. The third-order valence-corrected chi connectivity index (χ3v) is 5.59. The Hall–Kier alpha value is -2.34. The molecule has 3 rings (SSSR count). The fraction of sp³-hybridized carbons (Fsp3) is 0.300. The minimum Gasteiger partial charge on any atom is -0.348 e. The molecule has 1 fully saturated rings. The lowest BCUT2D eigenvalue weighted by Crippen LogP contribution is -2.38. The summed E-state index contributed by atoms with van der Waals surface area (Å²) < 4.78 is 13.9. The van der Waals surface area contributed by atoms with E-state index in [0.29, 0.717) is 11.3 Å². The number of nitrogens with one attached hydrogen (secondary N) is 2. The number of amides is 2. The molecule has 1 atom stereocenters. The highest BCUT2D eigenvalue weighted by atomic mass is 32.2. The van der Waals surface area contributed by atoms with Gasteiger partial charge in [-0.15, -0.1) is 0 Å². The smallest absolute Gasteiger partial charge is 0.258 e. The molecule has 2 aromatic rings. The lowest BCUT2D eigenvalue weighted by Gasteiger charge is -2.23. The average molecular weight is 372 g/mol. The van der Waals surface area contributed by atoms with Crippen LogP contribution in [0.4, 0.5) is 10.1 Å². The van der Waals surface area contributed by atoms with Gasteiger partial charge in [-0.1, -0.05) is 24.3 Å². The number of rotatable bonds is 4. The summed E-state index contributed by atoms with van der Waals surface area (Å²) in [5.41, 5.74) is 1.51. The van der Waals surface area contributed by atoms with Crippen LogP contribution in [0.2, 0.25) is 0 Å². The number of para-hydroxylation sites is 1. The van der Waals surface area contributed by atoms with Crippen LogP contribution in [0.1, 0.15) is 39.1 Å². The number of carbonyl (C=O) groups excluding carboxylic acids is 2. The molecule has 2 amide bonds. The summed E-state index contributed by atoms with van der Waals surface area (Å²) in [5, 5.41) is 5.75. The molecule has 1 aliphatic heterocycles. The summed E-state index contributed by atoms with van der Waals surface area (Å²) in [6.07, 6.45) is 2.04. The number of thioether (sulfide) groups is 1. The summed E-state index contributed by atoms with van der Waals surface area (Å²) in [6, 6.07) is 11.2. The van der Waals surface area contributed by atoms with Gasteiger partial charge in [-0.05, 0) is 49.3 Å². The van der Waals surface area contributed by atoms with E-state index >= 15 is 0 Å². The van der Waals surface area contributed by atoms with Gasteiger partial charge >= 0.3 is 0 Å². The van der Waals surface area contributed by atoms with Crippen molar-refractivity contribution < 1.29 is 14.0 Å². The van der Waals surface area contributed by atoms with Crippen LogP contribution in [0.25, 0.3) is 0 Å². The van der Waals surface area contributed by atoms with E-state index in [2.05, 4.69) is 10.6 Å². The van der Waals surface area contributed by atoms with Crippen LogP contribution in [0.3, 0.4) is 0 Å². The first-order chi connectivity index (χ1) is 12.6. The number of halogens is 1. The highest BCUT2D eigenvalue weighted by molar-refractivity contribution is 7.99. The van der Waals surface area contributed by atoms with Gasteiger partial charge in [-0.3, -0.25) is 9.59 Å². The number of hydrogen-bond acceptors (Lipinski definition) is 3. The zero-order valence-electron chi connectivity index (χ0n) is 14.5. The van der Waals surface area contributed by atoms with E-state index in [-0.39, 0.29) is 17.5 Å². The van der Waals surface area contributed by atoms with Crippen molar-refractivity contribution in [2.24, 2.45) is 0 Å². The molecule has 0 unspecified atom stereocenters. The first-order valence-corrected chi connectivity index (χ1v) is 9.76. The Kier molecular flexibility index (Phi) is 5.93. The maximum absolute atomic E-state index is 13.9. The van der Waals surface area contributed by atoms with Gasteiger partial charge in [0.25, 0.3) is 11.8 Å². The molecular weight excluding hydrogens is 351 g/mol. The van der Waals surface area contributed by atoms with Crippen molar-refractivity contribution in [1.82, 2.24) is 5.32 Å². The first-order valence-electron chi connectivity index (χ1n) is 8.60. The molecule has 2 N–H and O–H groups in total. The van der Waals surface area contributed by atoms with Gasteiger partial charge in [-0.2, -0.15) is 11.8 Å². The third-order valence-electron chi connectivity index (χ3n) is 4.37. The second kappa shape index (κ2) is 8.36. The van der Waals surface area contributed by atoms with Gasteiger partial charge in [0.15, 0.2) is 0 Å². The molecule has 0 bridgehead atoms. The fourth-order valence-electron chi connectivity index (χ4n) is 2.97. The normalized spacial score (nSPS) is 16.8. The Morgan fingerprint density at radius 3 is 2.58 bits per heavy atom. The van der Waals surface area contributed by atoms with E-state index in [1.807, 2.05) is 24.8 Å². The maximum atomic E-state index is 13.9. The summed E-state index contributed by atoms with van der Waals surface area (Å²) in [6.45, 7) is 1.81. The summed E-state index contributed by atoms with van der Waals surface area (Å²) in [5.74, 6) is 0.642. The Morgan fingerprint density at radius 1 is 1.08 bits per heavy atom. The third kappa shape index (κ3) is 4.25. The maximum Gasteiger partial charge on any atom is 0.258 e. The largest absolute Gasteiger partial charge is 0.348 e. The molecular formula is C20H21FN2O2S. The van der Waals surface area contributed by atoms with E-state index in [4.69, 9.17) is 0 Å². The molecule has 136 valence electrons. The molecule has 6 heteroatoms. The standard InChI is InChI=1S/C20H21FN2O2S/c1-13-6-4-9-16(20(25)22-14-7-5-11-26-12-14)18(13)23-19(24)15-8-2-3-10-17(15)21/h2-4,6,8-10,14H,5,7,11-12H2,1H3,(H,22,25)(H,23,24)/t14-/m1/s1. The summed E-state index contributed by atoms with van der Waals surface area (Å²) in [7, 11) is 0. The number of carbonyl (C=O) groups is 2. The van der Waals surface area contributed by atoms with Crippen LogP contribution in [0, 0.1) is 12.7 Å². The molecule has 0 saturated carbocycles. The van der Waals surface area contributed by atoms with Crippen LogP contribution < -0.4 is 10.6 Å². The molecule has 1 saturated heterocycles. The second-order valence-corrected chi connectivity index (χ2v) is 7.47. The van der Waals surface area contributed by atoms with Gasteiger partial charge in [0.1, 0.15) is 5.82 Å². The van der Waals surface area contributed by atoms with Crippen LogP contribution >= 0.6 is 11.8 Å². The molecule has 4 nitrogen and oxygen atoms in total. The molecule has 2 aromatic carbocycles. The Bertz CT molecular complexity index is 819.